The van der Waals surface area contributed by atoms with Gasteiger partial charge in [0.05, 0.1) is 12.7 Å². The number of ether oxygens (including phenoxy) is 2. The topological polar surface area (TPSA) is 35.5 Å². The molecule has 104 valence electrons. The first-order valence-electron chi connectivity index (χ1n) is 5.86. The molecule has 0 bridgehead atoms. The van der Waals surface area contributed by atoms with Gasteiger partial charge in [-0.2, -0.15) is 0 Å². The molecule has 0 amide bonds. The van der Waals surface area contributed by atoms with E-state index in [1.165, 1.54) is 13.2 Å². The highest BCUT2D eigenvalue weighted by molar-refractivity contribution is 5.90. The van der Waals surface area contributed by atoms with Crippen LogP contribution in [0.1, 0.15) is 15.9 Å². The Morgan fingerprint density at radius 1 is 1.10 bits per heavy atom. The van der Waals surface area contributed by atoms with Crippen molar-refractivity contribution >= 4 is 5.97 Å². The summed E-state index contributed by atoms with van der Waals surface area (Å²) in [6, 6.07) is 10.0. The maximum Gasteiger partial charge on any atom is 0.338 e. The van der Waals surface area contributed by atoms with Crippen LogP contribution >= 0.6 is 0 Å². The van der Waals surface area contributed by atoms with Gasteiger partial charge in [0.2, 0.25) is 0 Å². The van der Waals surface area contributed by atoms with E-state index >= 15 is 0 Å². The van der Waals surface area contributed by atoms with Crippen molar-refractivity contribution in [2.75, 3.05) is 7.11 Å². The van der Waals surface area contributed by atoms with E-state index in [0.717, 1.165) is 12.1 Å². The van der Waals surface area contributed by atoms with E-state index in [9.17, 15) is 13.6 Å². The fourth-order valence-corrected chi connectivity index (χ4v) is 1.68. The third-order valence-corrected chi connectivity index (χ3v) is 2.71. The average Bonchev–Trinajstić information content (AvgIpc) is 2.48. The monoisotopic (exact) mass is 278 g/mol. The molecule has 0 unspecified atom stereocenters. The first kappa shape index (κ1) is 14.0. The van der Waals surface area contributed by atoms with Crippen molar-refractivity contribution in [3.63, 3.8) is 0 Å². The predicted molar refractivity (Wildman–Crippen MR) is 68.5 cm³/mol. The van der Waals surface area contributed by atoms with Crippen LogP contribution in [0.25, 0.3) is 0 Å². The van der Waals surface area contributed by atoms with Crippen molar-refractivity contribution in [1.29, 1.82) is 0 Å². The van der Waals surface area contributed by atoms with Crippen molar-refractivity contribution in [2.24, 2.45) is 0 Å². The largest absolute Gasteiger partial charge is 0.489 e. The summed E-state index contributed by atoms with van der Waals surface area (Å²) in [4.78, 5) is 11.6. The Labute approximate surface area is 114 Å². The molecule has 0 aliphatic carbocycles. The Kier molecular flexibility index (Phi) is 4.30. The van der Waals surface area contributed by atoms with Crippen molar-refractivity contribution in [2.45, 2.75) is 6.61 Å². The Balaban J connectivity index is 2.14. The van der Waals surface area contributed by atoms with Gasteiger partial charge in [-0.1, -0.05) is 18.2 Å². The van der Waals surface area contributed by atoms with Crippen LogP contribution < -0.4 is 4.74 Å². The molecular weight excluding hydrogens is 266 g/mol. The van der Waals surface area contributed by atoms with Gasteiger partial charge in [-0.05, 0) is 18.2 Å². The minimum Gasteiger partial charge on any atom is -0.489 e. The fraction of sp³-hybridized carbons (Fsp3) is 0.133. The van der Waals surface area contributed by atoms with Crippen molar-refractivity contribution in [3.05, 3.63) is 65.2 Å². The summed E-state index contributed by atoms with van der Waals surface area (Å²) in [5, 5.41) is 0. The van der Waals surface area contributed by atoms with Gasteiger partial charge in [-0.15, -0.1) is 0 Å². The minimum absolute atomic E-state index is 0.0519. The van der Waals surface area contributed by atoms with Crippen LogP contribution in [0.3, 0.4) is 0 Å². The van der Waals surface area contributed by atoms with Gasteiger partial charge >= 0.3 is 5.97 Å². The molecule has 0 heterocycles. The number of halogens is 2. The van der Waals surface area contributed by atoms with Gasteiger partial charge in [-0.3, -0.25) is 0 Å². The number of carbonyl (C=O) groups excluding carboxylic acids is 1. The lowest BCUT2D eigenvalue weighted by Gasteiger charge is -2.10. The van der Waals surface area contributed by atoms with E-state index in [4.69, 9.17) is 4.74 Å². The molecule has 0 aromatic heterocycles. The highest BCUT2D eigenvalue weighted by Crippen LogP contribution is 2.18. The summed E-state index contributed by atoms with van der Waals surface area (Å²) in [5.74, 6) is -2.21. The van der Waals surface area contributed by atoms with E-state index in [1.807, 2.05) is 0 Å². The van der Waals surface area contributed by atoms with Gasteiger partial charge < -0.3 is 9.47 Å². The summed E-state index contributed by atoms with van der Waals surface area (Å²) in [6.07, 6.45) is 0. The molecule has 20 heavy (non-hydrogen) atoms. The molecule has 0 N–H and O–H groups in total. The van der Waals surface area contributed by atoms with Gasteiger partial charge in [0.15, 0.2) is 11.6 Å². The first-order chi connectivity index (χ1) is 9.61. The smallest absolute Gasteiger partial charge is 0.338 e. The Morgan fingerprint density at radius 3 is 2.55 bits per heavy atom. The highest BCUT2D eigenvalue weighted by Gasteiger charge is 2.11. The second-order valence-corrected chi connectivity index (χ2v) is 4.01. The summed E-state index contributed by atoms with van der Waals surface area (Å²) in [5.41, 5.74) is 0.974. The quantitative estimate of drug-likeness (QED) is 0.805. The lowest BCUT2D eigenvalue weighted by Crippen LogP contribution is -2.07. The number of methoxy groups -OCH3 is 1. The maximum absolute atomic E-state index is 13.0. The molecule has 0 aliphatic rings. The van der Waals surface area contributed by atoms with E-state index in [-0.39, 0.29) is 12.4 Å². The zero-order chi connectivity index (χ0) is 14.5. The third kappa shape index (κ3) is 3.12. The number of esters is 1. The van der Waals surface area contributed by atoms with Crippen LogP contribution in [0.5, 0.6) is 5.75 Å². The molecule has 2 aromatic carbocycles. The van der Waals surface area contributed by atoms with E-state index in [0.29, 0.717) is 11.1 Å². The molecular formula is C15H12F2O3. The second-order valence-electron chi connectivity index (χ2n) is 4.01. The van der Waals surface area contributed by atoms with Crippen LogP contribution in [-0.2, 0) is 11.3 Å². The van der Waals surface area contributed by atoms with Crippen LogP contribution in [0.15, 0.2) is 42.5 Å². The normalized spacial score (nSPS) is 10.2. The fourth-order valence-electron chi connectivity index (χ4n) is 1.68. The molecule has 0 atom stereocenters. The summed E-state index contributed by atoms with van der Waals surface area (Å²) in [6.45, 7) is 0.0519. The zero-order valence-corrected chi connectivity index (χ0v) is 10.7. The van der Waals surface area contributed by atoms with E-state index in [1.54, 1.807) is 24.3 Å². The van der Waals surface area contributed by atoms with Crippen molar-refractivity contribution < 1.29 is 23.0 Å². The van der Waals surface area contributed by atoms with Crippen LogP contribution in [0.2, 0.25) is 0 Å². The summed E-state index contributed by atoms with van der Waals surface area (Å²) in [7, 11) is 1.29. The van der Waals surface area contributed by atoms with Gasteiger partial charge in [0.25, 0.3) is 0 Å². The minimum atomic E-state index is -0.983. The van der Waals surface area contributed by atoms with Gasteiger partial charge in [-0.25, -0.2) is 13.6 Å². The molecule has 3 nitrogen and oxygen atoms in total. The lowest BCUT2D eigenvalue weighted by atomic mass is 10.1. The van der Waals surface area contributed by atoms with E-state index < -0.39 is 17.6 Å². The van der Waals surface area contributed by atoms with E-state index in [2.05, 4.69) is 4.74 Å². The molecule has 0 saturated heterocycles. The maximum atomic E-state index is 13.0. The average molecular weight is 278 g/mol. The van der Waals surface area contributed by atoms with Crippen molar-refractivity contribution in [3.8, 4) is 5.75 Å². The number of rotatable bonds is 4. The molecule has 0 saturated carbocycles. The predicted octanol–water partition coefficient (Wildman–Crippen LogP) is 3.33. The zero-order valence-electron chi connectivity index (χ0n) is 10.7. The molecule has 0 spiro atoms. The second kappa shape index (κ2) is 6.14. The molecule has 2 aromatic rings. The molecule has 0 fully saturated rings. The molecule has 2 rings (SSSR count). The lowest BCUT2D eigenvalue weighted by molar-refractivity contribution is 0.0597. The van der Waals surface area contributed by atoms with Gasteiger partial charge in [0, 0.05) is 11.6 Å². The van der Waals surface area contributed by atoms with Gasteiger partial charge in [0.1, 0.15) is 12.4 Å². The van der Waals surface area contributed by atoms with Crippen molar-refractivity contribution in [1.82, 2.24) is 0 Å². The number of benzene rings is 2. The number of hydrogen-bond acceptors (Lipinski definition) is 3. The standard InChI is InChI=1S/C15H12F2O3/c1-19-15(18)12-5-3-2-4-10(12)9-20-11-6-7-13(16)14(17)8-11/h2-8H,9H2,1H3. The molecule has 5 heteroatoms. The summed E-state index contributed by atoms with van der Waals surface area (Å²) >= 11 is 0. The Hall–Kier alpha value is -2.43. The highest BCUT2D eigenvalue weighted by atomic mass is 19.2. The van der Waals surface area contributed by atoms with Crippen LogP contribution in [-0.4, -0.2) is 13.1 Å². The SMILES string of the molecule is COC(=O)c1ccccc1COc1ccc(F)c(F)c1. The Bertz CT molecular complexity index is 626. The van der Waals surface area contributed by atoms with Crippen LogP contribution in [0.4, 0.5) is 8.78 Å². The first-order valence-corrected chi connectivity index (χ1v) is 5.86. The third-order valence-electron chi connectivity index (χ3n) is 2.71. The Morgan fingerprint density at radius 2 is 1.85 bits per heavy atom. The molecule has 0 aliphatic heterocycles. The number of hydrogen-bond donors (Lipinski definition) is 0. The summed E-state index contributed by atoms with van der Waals surface area (Å²) < 4.78 is 35.8. The molecule has 0 radical (unpaired) electrons. The van der Waals surface area contributed by atoms with Crippen LogP contribution in [0, 0.1) is 11.6 Å². The number of carbonyl (C=O) groups is 1.